The van der Waals surface area contributed by atoms with Crippen molar-refractivity contribution in [2.24, 2.45) is 0 Å². The number of nitrogens with zero attached hydrogens (tertiary/aromatic N) is 2. The van der Waals surface area contributed by atoms with E-state index in [9.17, 15) is 10.1 Å². The molecule has 0 radical (unpaired) electrons. The summed E-state index contributed by atoms with van der Waals surface area (Å²) in [5.41, 5.74) is 2.27. The van der Waals surface area contributed by atoms with Gasteiger partial charge in [0.1, 0.15) is 0 Å². The summed E-state index contributed by atoms with van der Waals surface area (Å²) in [7, 11) is -1.86. The molecule has 0 atom stereocenters. The number of para-hydroxylation sites is 1. The molecule has 4 nitrogen and oxygen atoms in total. The standard InChI is InChI=1S/C24H28N2O2Si/c1-24(2,3)29(4,5)28-17-11-15-21-14-9-10-16-22(21)26(23(27)18-25)19-20-12-7-6-8-13-20/h6-10,12-14,16H,17,19H2,1-5H3. The van der Waals surface area contributed by atoms with Crippen LogP contribution in [0, 0.1) is 23.2 Å². The highest BCUT2D eigenvalue weighted by Crippen LogP contribution is 2.36. The molecule has 2 aromatic rings. The zero-order valence-electron chi connectivity index (χ0n) is 17.8. The summed E-state index contributed by atoms with van der Waals surface area (Å²) >= 11 is 0. The van der Waals surface area contributed by atoms with Crippen molar-refractivity contribution in [3.63, 3.8) is 0 Å². The van der Waals surface area contributed by atoms with Crippen molar-refractivity contribution in [2.45, 2.75) is 45.4 Å². The Balaban J connectivity index is 2.26. The van der Waals surface area contributed by atoms with E-state index in [1.807, 2.05) is 54.6 Å². The Morgan fingerprint density at radius 2 is 1.69 bits per heavy atom. The summed E-state index contributed by atoms with van der Waals surface area (Å²) in [6, 6.07) is 18.7. The Morgan fingerprint density at radius 3 is 2.31 bits per heavy atom. The fraction of sp³-hybridized carbons (Fsp3) is 0.333. The maximum absolute atomic E-state index is 12.3. The molecule has 0 fully saturated rings. The van der Waals surface area contributed by atoms with Crippen molar-refractivity contribution in [3.05, 3.63) is 65.7 Å². The van der Waals surface area contributed by atoms with Gasteiger partial charge in [-0.3, -0.25) is 9.69 Å². The minimum Gasteiger partial charge on any atom is -0.406 e. The van der Waals surface area contributed by atoms with Gasteiger partial charge in [0.15, 0.2) is 14.4 Å². The number of hydrogen-bond donors (Lipinski definition) is 0. The first-order chi connectivity index (χ1) is 13.7. The molecule has 29 heavy (non-hydrogen) atoms. The number of nitriles is 1. The molecule has 2 rings (SSSR count). The summed E-state index contributed by atoms with van der Waals surface area (Å²) in [6.45, 7) is 11.6. The molecule has 0 N–H and O–H groups in total. The first kappa shape index (κ1) is 22.4. The Morgan fingerprint density at radius 1 is 1.07 bits per heavy atom. The largest absolute Gasteiger partial charge is 0.406 e. The number of hydrogen-bond acceptors (Lipinski definition) is 3. The quantitative estimate of drug-likeness (QED) is 0.395. The molecule has 0 aliphatic heterocycles. The lowest BCUT2D eigenvalue weighted by Crippen LogP contribution is -2.40. The zero-order chi connectivity index (χ0) is 21.5. The van der Waals surface area contributed by atoms with Gasteiger partial charge in [0, 0.05) is 5.56 Å². The van der Waals surface area contributed by atoms with Crippen LogP contribution in [-0.2, 0) is 15.8 Å². The molecule has 2 aromatic carbocycles. The van der Waals surface area contributed by atoms with Gasteiger partial charge in [-0.2, -0.15) is 5.26 Å². The normalized spacial score (nSPS) is 11.2. The Hall–Kier alpha value is -2.86. The van der Waals surface area contributed by atoms with Crippen LogP contribution in [0.15, 0.2) is 54.6 Å². The van der Waals surface area contributed by atoms with Crippen LogP contribution in [0.25, 0.3) is 0 Å². The second kappa shape index (κ2) is 9.56. The van der Waals surface area contributed by atoms with Gasteiger partial charge in [0.25, 0.3) is 0 Å². The van der Waals surface area contributed by atoms with Crippen LogP contribution in [0.1, 0.15) is 31.9 Å². The van der Waals surface area contributed by atoms with Crippen molar-refractivity contribution in [1.82, 2.24) is 0 Å². The van der Waals surface area contributed by atoms with Gasteiger partial charge in [-0.25, -0.2) is 0 Å². The highest BCUT2D eigenvalue weighted by atomic mass is 28.4. The summed E-state index contributed by atoms with van der Waals surface area (Å²) in [6.07, 6.45) is 0. The minimum absolute atomic E-state index is 0.123. The predicted octanol–water partition coefficient (Wildman–Crippen LogP) is 5.12. The number of rotatable bonds is 5. The molecule has 0 bridgehead atoms. The van der Waals surface area contributed by atoms with E-state index < -0.39 is 14.2 Å². The second-order valence-electron chi connectivity index (χ2n) is 8.36. The third-order valence-corrected chi connectivity index (χ3v) is 9.73. The average molecular weight is 405 g/mol. The van der Waals surface area contributed by atoms with E-state index in [1.165, 1.54) is 4.90 Å². The van der Waals surface area contributed by atoms with Crippen molar-refractivity contribution < 1.29 is 9.22 Å². The van der Waals surface area contributed by atoms with Gasteiger partial charge in [0.2, 0.25) is 0 Å². The molecule has 0 spiro atoms. The molecule has 150 valence electrons. The van der Waals surface area contributed by atoms with E-state index in [0.29, 0.717) is 24.4 Å². The number of anilines is 1. The van der Waals surface area contributed by atoms with Gasteiger partial charge in [-0.05, 0) is 35.8 Å². The zero-order valence-corrected chi connectivity index (χ0v) is 18.8. The summed E-state index contributed by atoms with van der Waals surface area (Å²) in [4.78, 5) is 13.8. The Bertz CT molecular complexity index is 945. The van der Waals surface area contributed by atoms with Crippen LogP contribution in [0.5, 0.6) is 0 Å². The van der Waals surface area contributed by atoms with Crippen LogP contribution in [0.2, 0.25) is 18.1 Å². The molecule has 0 aliphatic rings. The molecule has 0 aromatic heterocycles. The van der Waals surface area contributed by atoms with Gasteiger partial charge < -0.3 is 4.43 Å². The summed E-state index contributed by atoms with van der Waals surface area (Å²) < 4.78 is 6.11. The summed E-state index contributed by atoms with van der Waals surface area (Å²) in [5.74, 6) is 5.60. The number of carbonyl (C=O) groups excluding carboxylic acids is 1. The van der Waals surface area contributed by atoms with E-state index in [1.54, 1.807) is 6.07 Å². The molecule has 0 saturated heterocycles. The van der Waals surface area contributed by atoms with Crippen molar-refractivity contribution in [3.8, 4) is 17.9 Å². The Labute approximate surface area is 175 Å². The molecule has 0 saturated carbocycles. The van der Waals surface area contributed by atoms with Gasteiger partial charge >= 0.3 is 5.91 Å². The van der Waals surface area contributed by atoms with Gasteiger partial charge in [0.05, 0.1) is 18.8 Å². The molecular weight excluding hydrogens is 376 g/mol. The highest BCUT2D eigenvalue weighted by Gasteiger charge is 2.36. The fourth-order valence-electron chi connectivity index (χ4n) is 2.47. The lowest BCUT2D eigenvalue weighted by Gasteiger charge is -2.35. The van der Waals surface area contributed by atoms with E-state index in [4.69, 9.17) is 4.43 Å². The van der Waals surface area contributed by atoms with Crippen molar-refractivity contribution >= 4 is 19.9 Å². The molecule has 1 amide bonds. The minimum atomic E-state index is -1.86. The summed E-state index contributed by atoms with van der Waals surface area (Å²) in [5, 5.41) is 9.35. The van der Waals surface area contributed by atoms with Gasteiger partial charge in [-0.1, -0.05) is 75.1 Å². The topological polar surface area (TPSA) is 53.3 Å². The van der Waals surface area contributed by atoms with Crippen LogP contribution in [0.4, 0.5) is 5.69 Å². The highest BCUT2D eigenvalue weighted by molar-refractivity contribution is 6.74. The lowest BCUT2D eigenvalue weighted by molar-refractivity contribution is -0.113. The predicted molar refractivity (Wildman–Crippen MR) is 120 cm³/mol. The van der Waals surface area contributed by atoms with Crippen LogP contribution in [-0.4, -0.2) is 20.8 Å². The van der Waals surface area contributed by atoms with Crippen LogP contribution >= 0.6 is 0 Å². The van der Waals surface area contributed by atoms with Crippen molar-refractivity contribution in [2.75, 3.05) is 11.5 Å². The van der Waals surface area contributed by atoms with E-state index in [-0.39, 0.29) is 5.04 Å². The molecule has 0 heterocycles. The SMILES string of the molecule is CC(C)(C)[Si](C)(C)OCC#Cc1ccccc1N(Cc1ccccc1)C(=O)C#N. The van der Waals surface area contributed by atoms with E-state index in [0.717, 1.165) is 5.56 Å². The number of carbonyl (C=O) groups is 1. The van der Waals surface area contributed by atoms with Gasteiger partial charge in [-0.15, -0.1) is 0 Å². The third-order valence-electron chi connectivity index (χ3n) is 5.25. The third kappa shape index (κ3) is 6.06. The fourth-order valence-corrected chi connectivity index (χ4v) is 3.34. The first-order valence-corrected chi connectivity index (χ1v) is 12.5. The average Bonchev–Trinajstić information content (AvgIpc) is 2.69. The molecule has 0 unspecified atom stereocenters. The molecule has 0 aliphatic carbocycles. The monoisotopic (exact) mass is 404 g/mol. The molecule has 5 heteroatoms. The second-order valence-corrected chi connectivity index (χ2v) is 13.2. The first-order valence-electron chi connectivity index (χ1n) is 9.63. The smallest absolute Gasteiger partial charge is 0.329 e. The maximum Gasteiger partial charge on any atom is 0.329 e. The van der Waals surface area contributed by atoms with Crippen LogP contribution in [0.3, 0.4) is 0 Å². The van der Waals surface area contributed by atoms with Crippen LogP contribution < -0.4 is 4.90 Å². The lowest BCUT2D eigenvalue weighted by atomic mass is 10.1. The van der Waals surface area contributed by atoms with Crippen molar-refractivity contribution in [1.29, 1.82) is 5.26 Å². The van der Waals surface area contributed by atoms with E-state index >= 15 is 0 Å². The molecular formula is C24H28N2O2Si. The number of benzene rings is 2. The number of amides is 1. The van der Waals surface area contributed by atoms with E-state index in [2.05, 4.69) is 45.7 Å². The Kier molecular flexibility index (Phi) is 7.39. The maximum atomic E-state index is 12.3.